The number of anilines is 1. The van der Waals surface area contributed by atoms with Gasteiger partial charge < -0.3 is 10.2 Å². The summed E-state index contributed by atoms with van der Waals surface area (Å²) < 4.78 is 0. The summed E-state index contributed by atoms with van der Waals surface area (Å²) in [6.45, 7) is 6.22. The van der Waals surface area contributed by atoms with Crippen LogP contribution >= 0.6 is 0 Å². The van der Waals surface area contributed by atoms with E-state index in [9.17, 15) is 0 Å². The van der Waals surface area contributed by atoms with Crippen LogP contribution in [-0.4, -0.2) is 26.2 Å². The molecule has 1 aliphatic rings. The van der Waals surface area contributed by atoms with Crippen molar-refractivity contribution < 1.29 is 0 Å². The van der Waals surface area contributed by atoms with Crippen LogP contribution in [0.25, 0.3) is 0 Å². The van der Waals surface area contributed by atoms with Crippen LogP contribution in [-0.2, 0) is 6.42 Å². The van der Waals surface area contributed by atoms with Crippen LogP contribution in [0.1, 0.15) is 18.4 Å². The van der Waals surface area contributed by atoms with Gasteiger partial charge in [0.15, 0.2) is 0 Å². The average Bonchev–Trinajstić information content (AvgIpc) is 2.39. The van der Waals surface area contributed by atoms with Gasteiger partial charge in [0.05, 0.1) is 0 Å². The van der Waals surface area contributed by atoms with Crippen molar-refractivity contribution in [3.63, 3.8) is 0 Å². The lowest BCUT2D eigenvalue weighted by atomic mass is 10.0. The number of nitrogens with zero attached hydrogens (tertiary/aromatic N) is 1. The summed E-state index contributed by atoms with van der Waals surface area (Å²) in [5.74, 6) is 0. The molecule has 0 aliphatic carbocycles. The normalized spacial score (nSPS) is 17.8. The molecule has 1 saturated heterocycles. The lowest BCUT2D eigenvalue weighted by Gasteiger charge is -2.33. The van der Waals surface area contributed by atoms with Gasteiger partial charge in [-0.05, 0) is 50.9 Å². The molecule has 1 radical (unpaired) electrons. The molecule has 1 fully saturated rings. The molecule has 0 atom stereocenters. The molecular weight excluding hydrogens is 196 g/mol. The van der Waals surface area contributed by atoms with Gasteiger partial charge in [-0.15, -0.1) is 0 Å². The molecule has 2 nitrogen and oxygen atoms in total. The van der Waals surface area contributed by atoms with Crippen molar-refractivity contribution in [2.24, 2.45) is 0 Å². The van der Waals surface area contributed by atoms with E-state index in [1.54, 1.807) is 0 Å². The van der Waals surface area contributed by atoms with Gasteiger partial charge in [-0.2, -0.15) is 0 Å². The molecule has 1 heterocycles. The maximum Gasteiger partial charge on any atom is 0.0366 e. The highest BCUT2D eigenvalue weighted by molar-refractivity contribution is 5.48. The molecule has 0 amide bonds. The van der Waals surface area contributed by atoms with E-state index in [0.29, 0.717) is 6.04 Å². The fraction of sp³-hybridized carbons (Fsp3) is 0.500. The minimum atomic E-state index is 0.704. The Kier molecular flexibility index (Phi) is 3.83. The number of benzene rings is 1. The van der Waals surface area contributed by atoms with Crippen LogP contribution in [0.5, 0.6) is 0 Å². The van der Waals surface area contributed by atoms with Gasteiger partial charge in [0.2, 0.25) is 0 Å². The van der Waals surface area contributed by atoms with E-state index in [4.69, 9.17) is 0 Å². The van der Waals surface area contributed by atoms with Crippen molar-refractivity contribution in [2.45, 2.75) is 25.3 Å². The van der Waals surface area contributed by atoms with Gasteiger partial charge in [-0.1, -0.05) is 12.1 Å². The largest absolute Gasteiger partial charge is 0.371 e. The quantitative estimate of drug-likeness (QED) is 0.835. The Labute approximate surface area is 98.7 Å². The summed E-state index contributed by atoms with van der Waals surface area (Å²) in [6.07, 6.45) is 3.36. The Morgan fingerprint density at radius 1 is 1.25 bits per heavy atom. The van der Waals surface area contributed by atoms with E-state index >= 15 is 0 Å². The molecule has 0 unspecified atom stereocenters. The molecule has 2 rings (SSSR count). The molecule has 87 valence electrons. The van der Waals surface area contributed by atoms with Crippen molar-refractivity contribution in [3.05, 3.63) is 36.8 Å². The fourth-order valence-corrected chi connectivity index (χ4v) is 2.30. The van der Waals surface area contributed by atoms with Gasteiger partial charge >= 0.3 is 0 Å². The standard InChI is InChI=1S/C14H21N2/c1-3-12-4-6-14(7-5-12)16-10-8-13(15-2)9-11-16/h4-7,13,15H,1,3,8-11H2,2H3. The zero-order valence-corrected chi connectivity index (χ0v) is 10.1. The predicted octanol–water partition coefficient (Wildman–Crippen LogP) is 2.25. The summed E-state index contributed by atoms with van der Waals surface area (Å²) in [5, 5.41) is 3.36. The van der Waals surface area contributed by atoms with Crippen LogP contribution in [0.3, 0.4) is 0 Å². The fourth-order valence-electron chi connectivity index (χ4n) is 2.30. The first-order valence-corrected chi connectivity index (χ1v) is 6.14. The molecule has 1 aromatic rings. The smallest absolute Gasteiger partial charge is 0.0366 e. The summed E-state index contributed by atoms with van der Waals surface area (Å²) in [4.78, 5) is 2.47. The Bertz CT molecular complexity index is 310. The van der Waals surface area contributed by atoms with E-state index in [0.717, 1.165) is 19.5 Å². The first kappa shape index (κ1) is 11.5. The number of nitrogens with one attached hydrogen (secondary N) is 1. The van der Waals surface area contributed by atoms with Crippen molar-refractivity contribution in [1.29, 1.82) is 0 Å². The molecule has 1 N–H and O–H groups in total. The maximum absolute atomic E-state index is 3.90. The van der Waals surface area contributed by atoms with E-state index in [1.165, 1.54) is 24.1 Å². The van der Waals surface area contributed by atoms with Crippen LogP contribution in [0.15, 0.2) is 24.3 Å². The first-order valence-electron chi connectivity index (χ1n) is 6.14. The van der Waals surface area contributed by atoms with Crippen LogP contribution in [0, 0.1) is 6.92 Å². The third-order valence-electron chi connectivity index (χ3n) is 3.49. The van der Waals surface area contributed by atoms with Crippen LogP contribution < -0.4 is 10.2 Å². The topological polar surface area (TPSA) is 15.3 Å². The molecule has 1 aromatic carbocycles. The number of piperidine rings is 1. The molecule has 0 spiro atoms. The summed E-state index contributed by atoms with van der Waals surface area (Å²) in [7, 11) is 2.06. The summed E-state index contributed by atoms with van der Waals surface area (Å²) in [5.41, 5.74) is 2.67. The predicted molar refractivity (Wildman–Crippen MR) is 69.8 cm³/mol. The molecule has 1 aliphatic heterocycles. The second kappa shape index (κ2) is 5.35. The lowest BCUT2D eigenvalue weighted by molar-refractivity contribution is 0.442. The van der Waals surface area contributed by atoms with Crippen molar-refractivity contribution in [2.75, 3.05) is 25.0 Å². The SMILES string of the molecule is [CH2]Cc1ccc(N2CCC(NC)CC2)cc1. The van der Waals surface area contributed by atoms with Crippen molar-refractivity contribution in [1.82, 2.24) is 5.32 Å². The van der Waals surface area contributed by atoms with Gasteiger partial charge in [0, 0.05) is 24.8 Å². The van der Waals surface area contributed by atoms with Gasteiger partial charge in [0.25, 0.3) is 0 Å². The Morgan fingerprint density at radius 2 is 1.88 bits per heavy atom. The molecule has 0 saturated carbocycles. The third kappa shape index (κ3) is 2.56. The van der Waals surface area contributed by atoms with E-state index < -0.39 is 0 Å². The summed E-state index contributed by atoms with van der Waals surface area (Å²) in [6, 6.07) is 9.52. The highest BCUT2D eigenvalue weighted by atomic mass is 15.1. The summed E-state index contributed by atoms with van der Waals surface area (Å²) >= 11 is 0. The zero-order chi connectivity index (χ0) is 11.4. The third-order valence-corrected chi connectivity index (χ3v) is 3.49. The van der Waals surface area contributed by atoms with E-state index in [2.05, 4.69) is 48.5 Å². The minimum Gasteiger partial charge on any atom is -0.371 e. The average molecular weight is 217 g/mol. The number of hydrogen-bond acceptors (Lipinski definition) is 2. The van der Waals surface area contributed by atoms with Crippen LogP contribution in [0.4, 0.5) is 5.69 Å². The van der Waals surface area contributed by atoms with Gasteiger partial charge in [-0.3, -0.25) is 0 Å². The highest BCUT2D eigenvalue weighted by Gasteiger charge is 2.17. The van der Waals surface area contributed by atoms with Crippen LogP contribution in [0.2, 0.25) is 0 Å². The second-order valence-electron chi connectivity index (χ2n) is 4.47. The minimum absolute atomic E-state index is 0.704. The Morgan fingerprint density at radius 3 is 2.38 bits per heavy atom. The lowest BCUT2D eigenvalue weighted by Crippen LogP contribution is -2.41. The van der Waals surface area contributed by atoms with Crippen molar-refractivity contribution in [3.8, 4) is 0 Å². The molecule has 0 bridgehead atoms. The van der Waals surface area contributed by atoms with Gasteiger partial charge in [0.1, 0.15) is 0 Å². The second-order valence-corrected chi connectivity index (χ2v) is 4.47. The molecule has 16 heavy (non-hydrogen) atoms. The Hall–Kier alpha value is -1.02. The molecular formula is C14H21N2. The van der Waals surface area contributed by atoms with E-state index in [1.807, 2.05) is 0 Å². The molecule has 0 aromatic heterocycles. The monoisotopic (exact) mass is 217 g/mol. The highest BCUT2D eigenvalue weighted by Crippen LogP contribution is 2.20. The number of hydrogen-bond donors (Lipinski definition) is 1. The number of rotatable bonds is 3. The van der Waals surface area contributed by atoms with Gasteiger partial charge in [-0.25, -0.2) is 0 Å². The molecule has 2 heteroatoms. The maximum atomic E-state index is 3.90. The van der Waals surface area contributed by atoms with Crippen molar-refractivity contribution >= 4 is 5.69 Å². The first-order chi connectivity index (χ1) is 7.83. The zero-order valence-electron chi connectivity index (χ0n) is 10.1. The van der Waals surface area contributed by atoms with E-state index in [-0.39, 0.29) is 0 Å². The Balaban J connectivity index is 1.97.